The van der Waals surface area contributed by atoms with Crippen LogP contribution >= 0.6 is 11.6 Å². The monoisotopic (exact) mass is 273 g/mol. The second kappa shape index (κ2) is 5.64. The van der Waals surface area contributed by atoms with E-state index in [0.717, 1.165) is 35.8 Å². The van der Waals surface area contributed by atoms with Crippen molar-refractivity contribution < 1.29 is 4.74 Å². The van der Waals surface area contributed by atoms with Crippen molar-refractivity contribution in [2.75, 3.05) is 13.1 Å². The first-order valence-electron chi connectivity index (χ1n) is 6.51. The molecule has 2 nitrogen and oxygen atoms in total. The summed E-state index contributed by atoms with van der Waals surface area (Å²) in [6.07, 6.45) is 1.13. The fourth-order valence-corrected chi connectivity index (χ4v) is 2.34. The zero-order chi connectivity index (χ0) is 13.1. The largest absolute Gasteiger partial charge is 0.487 e. The molecule has 1 saturated heterocycles. The summed E-state index contributed by atoms with van der Waals surface area (Å²) in [7, 11) is 0. The molecular formula is C16H16ClNO. The van der Waals surface area contributed by atoms with E-state index in [1.54, 1.807) is 0 Å². The predicted octanol–water partition coefficient (Wildman–Crippen LogP) is 3.28. The average Bonchev–Trinajstić information content (AvgIpc) is 2.37. The van der Waals surface area contributed by atoms with Crippen LogP contribution in [0.1, 0.15) is 11.1 Å². The quantitative estimate of drug-likeness (QED) is 0.923. The highest BCUT2D eigenvalue weighted by Gasteiger charge is 2.19. The molecule has 1 aliphatic rings. The third-order valence-electron chi connectivity index (χ3n) is 3.30. The summed E-state index contributed by atoms with van der Waals surface area (Å²) in [5.74, 6) is 0.944. The van der Waals surface area contributed by atoms with Gasteiger partial charge < -0.3 is 10.1 Å². The van der Waals surface area contributed by atoms with Crippen LogP contribution in [0, 0.1) is 0 Å². The lowest BCUT2D eigenvalue weighted by Gasteiger charge is -2.28. The fraction of sp³-hybridized carbons (Fsp3) is 0.250. The summed E-state index contributed by atoms with van der Waals surface area (Å²) >= 11 is 6.10. The topological polar surface area (TPSA) is 21.3 Å². The zero-order valence-corrected chi connectivity index (χ0v) is 11.4. The van der Waals surface area contributed by atoms with Gasteiger partial charge in [-0.2, -0.15) is 0 Å². The van der Waals surface area contributed by atoms with Crippen LogP contribution in [0.15, 0.2) is 48.5 Å². The summed E-state index contributed by atoms with van der Waals surface area (Å²) in [4.78, 5) is 0. The van der Waals surface area contributed by atoms with Gasteiger partial charge in [-0.05, 0) is 29.3 Å². The van der Waals surface area contributed by atoms with Gasteiger partial charge in [0.2, 0.25) is 0 Å². The van der Waals surface area contributed by atoms with Gasteiger partial charge >= 0.3 is 0 Å². The highest BCUT2D eigenvalue weighted by molar-refractivity contribution is 6.30. The Morgan fingerprint density at radius 2 is 1.89 bits per heavy atom. The molecule has 0 saturated carbocycles. The molecule has 2 aromatic rings. The van der Waals surface area contributed by atoms with Crippen LogP contribution in [0.2, 0.25) is 5.02 Å². The minimum atomic E-state index is 0.288. The molecule has 1 N–H and O–H groups in total. The second-order valence-corrected chi connectivity index (χ2v) is 5.25. The van der Waals surface area contributed by atoms with Crippen LogP contribution in [-0.4, -0.2) is 19.2 Å². The minimum Gasteiger partial charge on any atom is -0.487 e. The Morgan fingerprint density at radius 3 is 2.58 bits per heavy atom. The summed E-state index contributed by atoms with van der Waals surface area (Å²) < 4.78 is 5.99. The van der Waals surface area contributed by atoms with Gasteiger partial charge in [0.15, 0.2) is 0 Å². The van der Waals surface area contributed by atoms with Crippen LogP contribution in [0.4, 0.5) is 0 Å². The van der Waals surface area contributed by atoms with Crippen molar-refractivity contribution in [3.63, 3.8) is 0 Å². The number of halogens is 1. The SMILES string of the molecule is Clc1ccc(OC2CNC2)c(Cc2ccccc2)c1. The van der Waals surface area contributed by atoms with Gasteiger partial charge in [0.1, 0.15) is 11.9 Å². The Hall–Kier alpha value is -1.51. The molecule has 0 aromatic heterocycles. The summed E-state index contributed by atoms with van der Waals surface area (Å²) in [6, 6.07) is 16.2. The van der Waals surface area contributed by atoms with E-state index in [2.05, 4.69) is 29.6 Å². The molecule has 0 atom stereocenters. The van der Waals surface area contributed by atoms with Crippen molar-refractivity contribution in [1.82, 2.24) is 5.32 Å². The smallest absolute Gasteiger partial charge is 0.123 e. The molecule has 2 aromatic carbocycles. The van der Waals surface area contributed by atoms with Crippen LogP contribution < -0.4 is 10.1 Å². The summed E-state index contributed by atoms with van der Waals surface area (Å²) in [5, 5.41) is 3.97. The molecule has 3 rings (SSSR count). The Labute approximate surface area is 118 Å². The number of benzene rings is 2. The molecule has 0 radical (unpaired) electrons. The number of ether oxygens (including phenoxy) is 1. The van der Waals surface area contributed by atoms with Crippen LogP contribution in [0.25, 0.3) is 0 Å². The Balaban J connectivity index is 1.83. The van der Waals surface area contributed by atoms with Gasteiger partial charge in [-0.25, -0.2) is 0 Å². The molecule has 1 fully saturated rings. The average molecular weight is 274 g/mol. The highest BCUT2D eigenvalue weighted by atomic mass is 35.5. The molecule has 0 bridgehead atoms. The maximum Gasteiger partial charge on any atom is 0.123 e. The number of rotatable bonds is 4. The fourth-order valence-electron chi connectivity index (χ4n) is 2.14. The van der Waals surface area contributed by atoms with Crippen molar-refractivity contribution in [3.05, 3.63) is 64.7 Å². The summed E-state index contributed by atoms with van der Waals surface area (Å²) in [5.41, 5.74) is 2.41. The Bertz CT molecular complexity index is 552. The van der Waals surface area contributed by atoms with Crippen molar-refractivity contribution in [3.8, 4) is 5.75 Å². The van der Waals surface area contributed by atoms with Crippen molar-refractivity contribution in [1.29, 1.82) is 0 Å². The Kier molecular flexibility index (Phi) is 3.72. The van der Waals surface area contributed by atoms with E-state index in [1.165, 1.54) is 5.56 Å². The van der Waals surface area contributed by atoms with E-state index in [0.29, 0.717) is 0 Å². The van der Waals surface area contributed by atoms with Gasteiger partial charge in [-0.1, -0.05) is 41.9 Å². The maximum absolute atomic E-state index is 6.10. The number of nitrogens with one attached hydrogen (secondary N) is 1. The predicted molar refractivity (Wildman–Crippen MR) is 78.0 cm³/mol. The van der Waals surface area contributed by atoms with Gasteiger partial charge in [0.05, 0.1) is 0 Å². The lowest BCUT2D eigenvalue weighted by molar-refractivity contribution is 0.141. The lowest BCUT2D eigenvalue weighted by Crippen LogP contribution is -2.50. The molecule has 1 heterocycles. The van der Waals surface area contributed by atoms with E-state index in [-0.39, 0.29) is 6.10 Å². The highest BCUT2D eigenvalue weighted by Crippen LogP contribution is 2.26. The molecule has 98 valence electrons. The van der Waals surface area contributed by atoms with Crippen LogP contribution in [0.5, 0.6) is 5.75 Å². The van der Waals surface area contributed by atoms with Crippen LogP contribution in [0.3, 0.4) is 0 Å². The van der Waals surface area contributed by atoms with Crippen molar-refractivity contribution >= 4 is 11.6 Å². The van der Waals surface area contributed by atoms with Gasteiger partial charge in [-0.3, -0.25) is 0 Å². The van der Waals surface area contributed by atoms with Crippen molar-refractivity contribution in [2.24, 2.45) is 0 Å². The standard InChI is InChI=1S/C16H16ClNO/c17-14-6-7-16(19-15-10-18-11-15)13(9-14)8-12-4-2-1-3-5-12/h1-7,9,15,18H,8,10-11H2. The zero-order valence-electron chi connectivity index (χ0n) is 10.6. The molecule has 0 spiro atoms. The van der Waals surface area contributed by atoms with E-state index >= 15 is 0 Å². The normalized spacial score (nSPS) is 15.0. The van der Waals surface area contributed by atoms with Gasteiger partial charge in [0.25, 0.3) is 0 Å². The van der Waals surface area contributed by atoms with E-state index in [4.69, 9.17) is 16.3 Å². The molecule has 0 amide bonds. The molecule has 0 unspecified atom stereocenters. The first-order chi connectivity index (χ1) is 9.31. The molecular weight excluding hydrogens is 258 g/mol. The van der Waals surface area contributed by atoms with Crippen molar-refractivity contribution in [2.45, 2.75) is 12.5 Å². The second-order valence-electron chi connectivity index (χ2n) is 4.81. The van der Waals surface area contributed by atoms with Crippen LogP contribution in [-0.2, 0) is 6.42 Å². The minimum absolute atomic E-state index is 0.288. The lowest BCUT2D eigenvalue weighted by atomic mass is 10.0. The molecule has 1 aliphatic heterocycles. The van der Waals surface area contributed by atoms with E-state index in [9.17, 15) is 0 Å². The summed E-state index contributed by atoms with van der Waals surface area (Å²) in [6.45, 7) is 1.85. The maximum atomic E-state index is 6.10. The number of hydrogen-bond acceptors (Lipinski definition) is 2. The van der Waals surface area contributed by atoms with E-state index < -0.39 is 0 Å². The third kappa shape index (κ3) is 3.09. The first kappa shape index (κ1) is 12.5. The van der Waals surface area contributed by atoms with Gasteiger partial charge in [0, 0.05) is 24.5 Å². The molecule has 3 heteroatoms. The first-order valence-corrected chi connectivity index (χ1v) is 6.89. The van der Waals surface area contributed by atoms with E-state index in [1.807, 2.05) is 24.3 Å². The molecule has 19 heavy (non-hydrogen) atoms. The third-order valence-corrected chi connectivity index (χ3v) is 3.53. The van der Waals surface area contributed by atoms with Gasteiger partial charge in [-0.15, -0.1) is 0 Å². The Morgan fingerprint density at radius 1 is 1.11 bits per heavy atom. The molecule has 0 aliphatic carbocycles. The number of hydrogen-bond donors (Lipinski definition) is 1.